The minimum Gasteiger partial charge on any atom is -0.398 e. The van der Waals surface area contributed by atoms with E-state index in [2.05, 4.69) is 21.2 Å². The van der Waals surface area contributed by atoms with Gasteiger partial charge in [0.05, 0.1) is 16.6 Å². The Balaban J connectivity index is 2.22. The predicted octanol–water partition coefficient (Wildman–Crippen LogP) is 4.18. The summed E-state index contributed by atoms with van der Waals surface area (Å²) in [4.78, 5) is 12.3. The molecule has 0 aliphatic heterocycles. The number of carbonyl (C=O) groups excluding carboxylic acids is 1. The molecule has 20 heavy (non-hydrogen) atoms. The molecule has 104 valence electrons. The average molecular weight is 354 g/mol. The molecule has 1 atom stereocenters. The summed E-state index contributed by atoms with van der Waals surface area (Å²) in [6, 6.07) is 12.6. The standard InChI is InChI=1S/C15H14BrClN2O/c1-9(10-5-2-3-6-11(10)16)19-15(20)14-12(17)7-4-8-13(14)18/h2-9H,18H2,1H3,(H,19,20). The van der Waals surface area contributed by atoms with Crippen molar-refractivity contribution < 1.29 is 4.79 Å². The molecule has 0 radical (unpaired) electrons. The molecule has 2 aromatic rings. The van der Waals surface area contributed by atoms with Crippen LogP contribution >= 0.6 is 27.5 Å². The molecule has 1 unspecified atom stereocenters. The number of nitrogen functional groups attached to an aromatic ring is 1. The van der Waals surface area contributed by atoms with Crippen molar-refractivity contribution in [2.45, 2.75) is 13.0 Å². The van der Waals surface area contributed by atoms with E-state index in [-0.39, 0.29) is 11.9 Å². The van der Waals surface area contributed by atoms with Gasteiger partial charge in [-0.3, -0.25) is 4.79 Å². The Labute approximate surface area is 131 Å². The highest BCUT2D eigenvalue weighted by molar-refractivity contribution is 9.10. The largest absolute Gasteiger partial charge is 0.398 e. The minimum atomic E-state index is -0.281. The molecule has 2 rings (SSSR count). The minimum absolute atomic E-state index is 0.159. The Morgan fingerprint density at radius 3 is 2.60 bits per heavy atom. The van der Waals surface area contributed by atoms with Crippen LogP contribution in [0.4, 0.5) is 5.69 Å². The molecule has 0 heterocycles. The molecule has 0 spiro atoms. The van der Waals surface area contributed by atoms with Gasteiger partial charge in [-0.15, -0.1) is 0 Å². The van der Waals surface area contributed by atoms with Crippen molar-refractivity contribution in [2.75, 3.05) is 5.73 Å². The fraction of sp³-hybridized carbons (Fsp3) is 0.133. The van der Waals surface area contributed by atoms with Gasteiger partial charge in [0.25, 0.3) is 5.91 Å². The molecular weight excluding hydrogens is 340 g/mol. The van der Waals surface area contributed by atoms with Crippen molar-refractivity contribution in [1.82, 2.24) is 5.32 Å². The zero-order valence-corrected chi connectivity index (χ0v) is 13.2. The van der Waals surface area contributed by atoms with E-state index < -0.39 is 0 Å². The van der Waals surface area contributed by atoms with Crippen LogP contribution < -0.4 is 11.1 Å². The lowest BCUT2D eigenvalue weighted by molar-refractivity contribution is 0.0941. The van der Waals surface area contributed by atoms with Gasteiger partial charge < -0.3 is 11.1 Å². The van der Waals surface area contributed by atoms with Crippen molar-refractivity contribution in [3.8, 4) is 0 Å². The maximum Gasteiger partial charge on any atom is 0.255 e. The SMILES string of the molecule is CC(NC(=O)c1c(N)cccc1Cl)c1ccccc1Br. The topological polar surface area (TPSA) is 55.1 Å². The van der Waals surface area contributed by atoms with Crippen molar-refractivity contribution in [1.29, 1.82) is 0 Å². The van der Waals surface area contributed by atoms with Crippen molar-refractivity contribution >= 4 is 39.1 Å². The molecule has 0 aromatic heterocycles. The van der Waals surface area contributed by atoms with Crippen LogP contribution in [0.25, 0.3) is 0 Å². The van der Waals surface area contributed by atoms with Crippen molar-refractivity contribution in [3.05, 3.63) is 63.1 Å². The molecule has 2 aromatic carbocycles. The summed E-state index contributed by atoms with van der Waals surface area (Å²) in [6.45, 7) is 1.91. The van der Waals surface area contributed by atoms with Crippen LogP contribution in [-0.4, -0.2) is 5.91 Å². The molecule has 0 saturated carbocycles. The quantitative estimate of drug-likeness (QED) is 0.813. The molecule has 0 saturated heterocycles. The predicted molar refractivity (Wildman–Crippen MR) is 85.9 cm³/mol. The summed E-state index contributed by atoms with van der Waals surface area (Å²) in [6.07, 6.45) is 0. The summed E-state index contributed by atoms with van der Waals surface area (Å²) in [5.41, 5.74) is 7.49. The van der Waals surface area contributed by atoms with E-state index in [1.54, 1.807) is 18.2 Å². The third kappa shape index (κ3) is 3.14. The van der Waals surface area contributed by atoms with Gasteiger partial charge in [0, 0.05) is 10.2 Å². The monoisotopic (exact) mass is 352 g/mol. The number of carbonyl (C=O) groups is 1. The number of nitrogens with two attached hydrogens (primary N) is 1. The van der Waals surface area contributed by atoms with E-state index in [9.17, 15) is 4.79 Å². The number of rotatable bonds is 3. The van der Waals surface area contributed by atoms with Crippen LogP contribution in [0.2, 0.25) is 5.02 Å². The van der Waals surface area contributed by atoms with E-state index in [0.29, 0.717) is 16.3 Å². The Hall–Kier alpha value is -1.52. The number of halogens is 2. The van der Waals surface area contributed by atoms with Crippen LogP contribution in [0.15, 0.2) is 46.9 Å². The Morgan fingerprint density at radius 2 is 1.95 bits per heavy atom. The highest BCUT2D eigenvalue weighted by Gasteiger charge is 2.17. The second-order valence-electron chi connectivity index (χ2n) is 4.42. The lowest BCUT2D eigenvalue weighted by Gasteiger charge is -2.17. The number of hydrogen-bond donors (Lipinski definition) is 2. The van der Waals surface area contributed by atoms with Gasteiger partial charge in [0.1, 0.15) is 0 Å². The summed E-state index contributed by atoms with van der Waals surface area (Å²) in [5.74, 6) is -0.281. The molecular formula is C15H14BrClN2O. The van der Waals surface area contributed by atoms with Gasteiger partial charge in [0.15, 0.2) is 0 Å². The number of amides is 1. The summed E-state index contributed by atoms with van der Waals surface area (Å²) < 4.78 is 0.944. The normalized spacial score (nSPS) is 11.9. The lowest BCUT2D eigenvalue weighted by Crippen LogP contribution is -2.27. The van der Waals surface area contributed by atoms with Crippen LogP contribution in [-0.2, 0) is 0 Å². The smallest absolute Gasteiger partial charge is 0.255 e. The number of benzene rings is 2. The molecule has 3 nitrogen and oxygen atoms in total. The Kier molecular flexibility index (Phi) is 4.68. The highest BCUT2D eigenvalue weighted by Crippen LogP contribution is 2.25. The first-order valence-electron chi connectivity index (χ1n) is 6.10. The molecule has 5 heteroatoms. The number of nitrogens with one attached hydrogen (secondary N) is 1. The zero-order valence-electron chi connectivity index (χ0n) is 10.9. The first-order valence-corrected chi connectivity index (χ1v) is 7.27. The van der Waals surface area contributed by atoms with Crippen molar-refractivity contribution in [3.63, 3.8) is 0 Å². The van der Waals surface area contributed by atoms with Gasteiger partial charge in [-0.25, -0.2) is 0 Å². The molecule has 0 aliphatic carbocycles. The van der Waals surface area contributed by atoms with E-state index in [1.165, 1.54) is 0 Å². The molecule has 0 fully saturated rings. The van der Waals surface area contributed by atoms with E-state index >= 15 is 0 Å². The molecule has 0 bridgehead atoms. The Bertz CT molecular complexity index is 625. The molecule has 0 aliphatic rings. The second kappa shape index (κ2) is 6.29. The van der Waals surface area contributed by atoms with Crippen LogP contribution in [0.3, 0.4) is 0 Å². The third-order valence-electron chi connectivity index (χ3n) is 2.99. The zero-order chi connectivity index (χ0) is 14.7. The van der Waals surface area contributed by atoms with Gasteiger partial charge in [-0.05, 0) is 30.7 Å². The summed E-state index contributed by atoms with van der Waals surface area (Å²) >= 11 is 9.50. The number of hydrogen-bond acceptors (Lipinski definition) is 2. The maximum atomic E-state index is 12.3. The third-order valence-corrected chi connectivity index (χ3v) is 4.03. The van der Waals surface area contributed by atoms with Gasteiger partial charge in [-0.1, -0.05) is 51.8 Å². The maximum absolute atomic E-state index is 12.3. The van der Waals surface area contributed by atoms with E-state index in [0.717, 1.165) is 10.0 Å². The summed E-state index contributed by atoms with van der Waals surface area (Å²) in [5, 5.41) is 3.25. The fourth-order valence-corrected chi connectivity index (χ4v) is 2.85. The van der Waals surface area contributed by atoms with Gasteiger partial charge in [0.2, 0.25) is 0 Å². The van der Waals surface area contributed by atoms with E-state index in [4.69, 9.17) is 17.3 Å². The van der Waals surface area contributed by atoms with Crippen LogP contribution in [0, 0.1) is 0 Å². The number of anilines is 1. The van der Waals surface area contributed by atoms with E-state index in [1.807, 2.05) is 31.2 Å². The van der Waals surface area contributed by atoms with Gasteiger partial charge >= 0.3 is 0 Å². The first-order chi connectivity index (χ1) is 9.50. The Morgan fingerprint density at radius 1 is 1.25 bits per heavy atom. The highest BCUT2D eigenvalue weighted by atomic mass is 79.9. The summed E-state index contributed by atoms with van der Waals surface area (Å²) in [7, 11) is 0. The second-order valence-corrected chi connectivity index (χ2v) is 5.68. The first kappa shape index (κ1) is 14.9. The molecule has 1 amide bonds. The average Bonchev–Trinajstić information content (AvgIpc) is 2.38. The lowest BCUT2D eigenvalue weighted by atomic mass is 10.1. The van der Waals surface area contributed by atoms with Crippen molar-refractivity contribution in [2.24, 2.45) is 0 Å². The van der Waals surface area contributed by atoms with Crippen LogP contribution in [0.5, 0.6) is 0 Å². The van der Waals surface area contributed by atoms with Crippen LogP contribution in [0.1, 0.15) is 28.9 Å². The molecule has 3 N–H and O–H groups in total. The van der Waals surface area contributed by atoms with Gasteiger partial charge in [-0.2, -0.15) is 0 Å². The fourth-order valence-electron chi connectivity index (χ4n) is 1.95.